The third kappa shape index (κ3) is 6.53. The SMILES string of the molecule is NS(=O)(=O)CC(CCO)CCO. The highest BCUT2D eigenvalue weighted by Gasteiger charge is 2.14. The average Bonchev–Trinajstić information content (AvgIpc) is 1.84. The molecule has 0 fully saturated rings. The number of aliphatic hydroxyl groups excluding tert-OH is 2. The number of nitrogens with two attached hydrogens (primary N) is 1. The minimum absolute atomic E-state index is 0.0831. The van der Waals surface area contributed by atoms with Crippen molar-refractivity contribution in [2.75, 3.05) is 19.0 Å². The largest absolute Gasteiger partial charge is 0.396 e. The smallest absolute Gasteiger partial charge is 0.209 e. The maximum absolute atomic E-state index is 10.6. The Balaban J connectivity index is 3.95. The molecule has 0 aromatic heterocycles. The van der Waals surface area contributed by atoms with Crippen molar-refractivity contribution in [2.24, 2.45) is 11.1 Å². The standard InChI is InChI=1S/C6H15NO4S/c7-12(10,11)5-6(1-3-8)2-4-9/h6,8-9H,1-5H2,(H2,7,10,11). The molecule has 0 rings (SSSR count). The lowest BCUT2D eigenvalue weighted by atomic mass is 10.1. The lowest BCUT2D eigenvalue weighted by Crippen LogP contribution is -2.24. The van der Waals surface area contributed by atoms with Crippen molar-refractivity contribution in [3.63, 3.8) is 0 Å². The molecule has 74 valence electrons. The Kier molecular flexibility index (Phi) is 5.39. The number of sulfonamides is 1. The van der Waals surface area contributed by atoms with Gasteiger partial charge in [0.25, 0.3) is 0 Å². The van der Waals surface area contributed by atoms with E-state index < -0.39 is 10.0 Å². The molecule has 0 amide bonds. The van der Waals surface area contributed by atoms with Gasteiger partial charge >= 0.3 is 0 Å². The first-order valence-electron chi connectivity index (χ1n) is 3.71. The van der Waals surface area contributed by atoms with Crippen LogP contribution in [0.1, 0.15) is 12.8 Å². The second-order valence-corrected chi connectivity index (χ2v) is 4.38. The first-order chi connectivity index (χ1) is 5.49. The molecule has 0 unspecified atom stereocenters. The quantitative estimate of drug-likeness (QED) is 0.490. The van der Waals surface area contributed by atoms with Gasteiger partial charge in [-0.3, -0.25) is 0 Å². The van der Waals surface area contributed by atoms with Gasteiger partial charge in [0.1, 0.15) is 0 Å². The average molecular weight is 197 g/mol. The summed E-state index contributed by atoms with van der Waals surface area (Å²) in [5, 5.41) is 21.9. The fourth-order valence-corrected chi connectivity index (χ4v) is 2.00. The molecule has 0 aliphatic rings. The molecule has 5 nitrogen and oxygen atoms in total. The van der Waals surface area contributed by atoms with Crippen molar-refractivity contribution in [3.8, 4) is 0 Å². The fraction of sp³-hybridized carbons (Fsp3) is 1.00. The Hall–Kier alpha value is -0.170. The monoisotopic (exact) mass is 197 g/mol. The molecule has 0 heterocycles. The van der Waals surface area contributed by atoms with Crippen LogP contribution in [0.25, 0.3) is 0 Å². The highest BCUT2D eigenvalue weighted by molar-refractivity contribution is 7.89. The number of hydrogen-bond donors (Lipinski definition) is 3. The van der Waals surface area contributed by atoms with Gasteiger partial charge in [-0.15, -0.1) is 0 Å². The van der Waals surface area contributed by atoms with Crippen LogP contribution in [-0.2, 0) is 10.0 Å². The summed E-state index contributed by atoms with van der Waals surface area (Å²) in [7, 11) is -3.49. The second kappa shape index (κ2) is 5.47. The third-order valence-electron chi connectivity index (χ3n) is 1.54. The highest BCUT2D eigenvalue weighted by Crippen LogP contribution is 2.09. The Morgan fingerprint density at radius 2 is 1.58 bits per heavy atom. The summed E-state index contributed by atoms with van der Waals surface area (Å²) in [5.41, 5.74) is 0. The van der Waals surface area contributed by atoms with E-state index in [-0.39, 0.29) is 24.9 Å². The van der Waals surface area contributed by atoms with Crippen molar-refractivity contribution in [2.45, 2.75) is 12.8 Å². The van der Waals surface area contributed by atoms with Crippen LogP contribution in [0.2, 0.25) is 0 Å². The van der Waals surface area contributed by atoms with Crippen molar-refractivity contribution < 1.29 is 18.6 Å². The summed E-state index contributed by atoms with van der Waals surface area (Å²) in [6, 6.07) is 0. The molecule has 0 aromatic rings. The van der Waals surface area contributed by atoms with Crippen molar-refractivity contribution >= 4 is 10.0 Å². The van der Waals surface area contributed by atoms with Crippen LogP contribution in [0.4, 0.5) is 0 Å². The Labute approximate surface area is 72.3 Å². The predicted molar refractivity (Wildman–Crippen MR) is 44.9 cm³/mol. The van der Waals surface area contributed by atoms with E-state index in [1.807, 2.05) is 0 Å². The van der Waals surface area contributed by atoms with Crippen LogP contribution in [0.5, 0.6) is 0 Å². The van der Waals surface area contributed by atoms with E-state index in [1.165, 1.54) is 0 Å². The van der Waals surface area contributed by atoms with E-state index in [9.17, 15) is 8.42 Å². The summed E-state index contributed by atoms with van der Waals surface area (Å²) < 4.78 is 21.2. The lowest BCUT2D eigenvalue weighted by Gasteiger charge is -2.11. The fourth-order valence-electron chi connectivity index (χ4n) is 1.00. The zero-order chi connectivity index (χ0) is 9.61. The number of rotatable bonds is 6. The molecule has 0 aliphatic heterocycles. The summed E-state index contributed by atoms with van der Waals surface area (Å²) >= 11 is 0. The molecule has 0 saturated carbocycles. The number of aliphatic hydroxyl groups is 2. The first-order valence-corrected chi connectivity index (χ1v) is 5.43. The molecule has 0 atom stereocenters. The van der Waals surface area contributed by atoms with Crippen LogP contribution in [-0.4, -0.2) is 37.6 Å². The van der Waals surface area contributed by atoms with Gasteiger partial charge in [0.2, 0.25) is 10.0 Å². The molecule has 0 aliphatic carbocycles. The zero-order valence-electron chi connectivity index (χ0n) is 6.81. The Bertz CT molecular complexity index is 196. The van der Waals surface area contributed by atoms with Crippen LogP contribution < -0.4 is 5.14 Å². The van der Waals surface area contributed by atoms with E-state index in [2.05, 4.69) is 0 Å². The normalized spacial score (nSPS) is 12.3. The number of primary sulfonamides is 1. The minimum atomic E-state index is -3.49. The molecule has 0 aromatic carbocycles. The van der Waals surface area contributed by atoms with Gasteiger partial charge < -0.3 is 10.2 Å². The summed E-state index contributed by atoms with van der Waals surface area (Å²) in [5.74, 6) is -0.413. The molecule has 4 N–H and O–H groups in total. The molecular formula is C6H15NO4S. The molecule has 0 bridgehead atoms. The zero-order valence-corrected chi connectivity index (χ0v) is 7.63. The van der Waals surface area contributed by atoms with Gasteiger partial charge in [-0.25, -0.2) is 13.6 Å². The Morgan fingerprint density at radius 1 is 1.17 bits per heavy atom. The molecule has 0 saturated heterocycles. The number of hydrogen-bond acceptors (Lipinski definition) is 4. The van der Waals surface area contributed by atoms with Gasteiger partial charge in [0, 0.05) is 13.2 Å². The highest BCUT2D eigenvalue weighted by atomic mass is 32.2. The summed E-state index contributed by atoms with van der Waals surface area (Å²) in [6.07, 6.45) is 0.716. The molecule has 6 heteroatoms. The maximum atomic E-state index is 10.6. The van der Waals surface area contributed by atoms with Gasteiger partial charge in [-0.2, -0.15) is 0 Å². The van der Waals surface area contributed by atoms with E-state index in [1.54, 1.807) is 0 Å². The molecule has 0 radical (unpaired) electrons. The van der Waals surface area contributed by atoms with E-state index >= 15 is 0 Å². The van der Waals surface area contributed by atoms with Crippen molar-refractivity contribution in [3.05, 3.63) is 0 Å². The lowest BCUT2D eigenvalue weighted by molar-refractivity contribution is 0.224. The topological polar surface area (TPSA) is 101 Å². The van der Waals surface area contributed by atoms with E-state index in [0.29, 0.717) is 12.8 Å². The van der Waals surface area contributed by atoms with Gasteiger partial charge in [0.15, 0.2) is 0 Å². The van der Waals surface area contributed by atoms with Crippen LogP contribution in [0.15, 0.2) is 0 Å². The van der Waals surface area contributed by atoms with Gasteiger partial charge in [0.05, 0.1) is 5.75 Å². The van der Waals surface area contributed by atoms with E-state index in [0.717, 1.165) is 0 Å². The predicted octanol–water partition coefficient (Wildman–Crippen LogP) is -1.34. The van der Waals surface area contributed by atoms with Crippen LogP contribution >= 0.6 is 0 Å². The second-order valence-electron chi connectivity index (χ2n) is 2.72. The van der Waals surface area contributed by atoms with Crippen molar-refractivity contribution in [1.82, 2.24) is 0 Å². The molecule has 12 heavy (non-hydrogen) atoms. The Morgan fingerprint density at radius 3 is 1.83 bits per heavy atom. The summed E-state index contributed by atoms with van der Waals surface area (Å²) in [4.78, 5) is 0. The molecular weight excluding hydrogens is 182 g/mol. The first kappa shape index (κ1) is 11.8. The maximum Gasteiger partial charge on any atom is 0.209 e. The summed E-state index contributed by atoms with van der Waals surface area (Å²) in [6.45, 7) is -0.166. The molecule has 0 spiro atoms. The van der Waals surface area contributed by atoms with Crippen molar-refractivity contribution in [1.29, 1.82) is 0 Å². The van der Waals surface area contributed by atoms with Crippen LogP contribution in [0.3, 0.4) is 0 Å². The minimum Gasteiger partial charge on any atom is -0.396 e. The van der Waals surface area contributed by atoms with Crippen LogP contribution in [0, 0.1) is 5.92 Å². The van der Waals surface area contributed by atoms with Gasteiger partial charge in [-0.1, -0.05) is 0 Å². The third-order valence-corrected chi connectivity index (χ3v) is 2.48. The van der Waals surface area contributed by atoms with E-state index in [4.69, 9.17) is 15.4 Å². The van der Waals surface area contributed by atoms with Gasteiger partial charge in [-0.05, 0) is 18.8 Å².